The second kappa shape index (κ2) is 3.53. The quantitative estimate of drug-likeness (QED) is 0.784. The monoisotopic (exact) mass is 191 g/mol. The molecule has 0 aromatic carbocycles. The van der Waals surface area contributed by atoms with E-state index in [9.17, 15) is 0 Å². The van der Waals surface area contributed by atoms with Crippen LogP contribution < -0.4 is 5.73 Å². The van der Waals surface area contributed by atoms with Crippen LogP contribution >= 0.6 is 0 Å². The van der Waals surface area contributed by atoms with Gasteiger partial charge in [-0.3, -0.25) is 4.68 Å². The Kier molecular flexibility index (Phi) is 2.22. The van der Waals surface area contributed by atoms with Gasteiger partial charge in [0.05, 0.1) is 12.6 Å². The Labute approximate surface area is 82.2 Å². The van der Waals surface area contributed by atoms with Gasteiger partial charge in [0.2, 0.25) is 0 Å². The lowest BCUT2D eigenvalue weighted by atomic mass is 10.3. The minimum absolute atomic E-state index is 0.261. The van der Waals surface area contributed by atoms with E-state index in [0.717, 1.165) is 6.54 Å². The van der Waals surface area contributed by atoms with Gasteiger partial charge in [-0.2, -0.15) is 5.10 Å². The standard InChI is InChI=1S/C9H13N5/c1-8(7-13-5-2-3-12-13)14-6-4-11-9(14)10/h2-6,8H,7H2,1H3,(H2,10,11). The van der Waals surface area contributed by atoms with Crippen LogP contribution in [0.3, 0.4) is 0 Å². The van der Waals surface area contributed by atoms with Crippen molar-refractivity contribution in [3.8, 4) is 0 Å². The molecule has 0 aliphatic heterocycles. The molecule has 2 N–H and O–H groups in total. The molecule has 0 saturated carbocycles. The van der Waals surface area contributed by atoms with Crippen LogP contribution in [-0.2, 0) is 6.54 Å². The largest absolute Gasteiger partial charge is 0.369 e. The molecule has 0 radical (unpaired) electrons. The molecule has 5 nitrogen and oxygen atoms in total. The van der Waals surface area contributed by atoms with Crippen LogP contribution in [0.4, 0.5) is 5.95 Å². The number of hydrogen-bond acceptors (Lipinski definition) is 3. The summed E-state index contributed by atoms with van der Waals surface area (Å²) in [4.78, 5) is 3.98. The van der Waals surface area contributed by atoms with Crippen molar-refractivity contribution >= 4 is 5.95 Å². The second-order valence-corrected chi connectivity index (χ2v) is 3.27. The van der Waals surface area contributed by atoms with E-state index in [4.69, 9.17) is 5.73 Å². The third-order valence-electron chi connectivity index (χ3n) is 2.18. The van der Waals surface area contributed by atoms with Crippen molar-refractivity contribution in [1.82, 2.24) is 19.3 Å². The van der Waals surface area contributed by atoms with E-state index in [1.807, 2.05) is 27.7 Å². The number of rotatable bonds is 3. The molecule has 1 unspecified atom stereocenters. The number of hydrogen-bond donors (Lipinski definition) is 1. The van der Waals surface area contributed by atoms with Crippen molar-refractivity contribution in [3.63, 3.8) is 0 Å². The van der Waals surface area contributed by atoms with E-state index >= 15 is 0 Å². The Morgan fingerprint density at radius 1 is 1.43 bits per heavy atom. The normalized spacial score (nSPS) is 12.9. The lowest BCUT2D eigenvalue weighted by Crippen LogP contribution is -2.14. The minimum atomic E-state index is 0.261. The predicted octanol–water partition coefficient (Wildman–Crippen LogP) is 0.923. The molecule has 2 aromatic rings. The smallest absolute Gasteiger partial charge is 0.200 e. The zero-order valence-corrected chi connectivity index (χ0v) is 8.04. The van der Waals surface area contributed by atoms with Crippen molar-refractivity contribution in [2.24, 2.45) is 0 Å². The number of imidazole rings is 1. The summed E-state index contributed by atoms with van der Waals surface area (Å²) >= 11 is 0. The van der Waals surface area contributed by atoms with Gasteiger partial charge in [0.15, 0.2) is 5.95 Å². The zero-order valence-electron chi connectivity index (χ0n) is 8.04. The summed E-state index contributed by atoms with van der Waals surface area (Å²) in [6, 6.07) is 2.17. The molecule has 1 atom stereocenters. The summed E-state index contributed by atoms with van der Waals surface area (Å²) in [6.45, 7) is 2.88. The molecule has 2 rings (SSSR count). The van der Waals surface area contributed by atoms with Crippen LogP contribution in [-0.4, -0.2) is 19.3 Å². The SMILES string of the molecule is CC(Cn1cccn1)n1ccnc1N. The van der Waals surface area contributed by atoms with Crippen molar-refractivity contribution < 1.29 is 0 Å². The van der Waals surface area contributed by atoms with E-state index in [-0.39, 0.29) is 6.04 Å². The highest BCUT2D eigenvalue weighted by molar-refractivity contribution is 5.17. The molecule has 0 saturated heterocycles. The molecule has 5 heteroatoms. The molecule has 2 aromatic heterocycles. The van der Waals surface area contributed by atoms with Crippen LogP contribution in [0.25, 0.3) is 0 Å². The average Bonchev–Trinajstić information content (AvgIpc) is 2.75. The van der Waals surface area contributed by atoms with E-state index in [2.05, 4.69) is 17.0 Å². The highest BCUT2D eigenvalue weighted by Crippen LogP contribution is 2.12. The van der Waals surface area contributed by atoms with Gasteiger partial charge in [-0.15, -0.1) is 0 Å². The van der Waals surface area contributed by atoms with Gasteiger partial charge in [-0.1, -0.05) is 0 Å². The molecule has 14 heavy (non-hydrogen) atoms. The van der Waals surface area contributed by atoms with Gasteiger partial charge in [0.25, 0.3) is 0 Å². The predicted molar refractivity (Wildman–Crippen MR) is 53.6 cm³/mol. The number of nitrogen functional groups attached to an aromatic ring is 1. The average molecular weight is 191 g/mol. The van der Waals surface area contributed by atoms with E-state index in [1.54, 1.807) is 12.4 Å². The first-order valence-electron chi connectivity index (χ1n) is 4.53. The minimum Gasteiger partial charge on any atom is -0.369 e. The fourth-order valence-electron chi connectivity index (χ4n) is 1.46. The first-order chi connectivity index (χ1) is 6.77. The molecular formula is C9H13N5. The topological polar surface area (TPSA) is 61.7 Å². The summed E-state index contributed by atoms with van der Waals surface area (Å²) in [5, 5.41) is 4.14. The summed E-state index contributed by atoms with van der Waals surface area (Å²) in [5.41, 5.74) is 5.69. The van der Waals surface area contributed by atoms with Crippen LogP contribution in [0.15, 0.2) is 30.9 Å². The highest BCUT2D eigenvalue weighted by atomic mass is 15.3. The van der Waals surface area contributed by atoms with E-state index in [0.29, 0.717) is 5.95 Å². The molecule has 0 fully saturated rings. The lowest BCUT2D eigenvalue weighted by Gasteiger charge is -2.14. The molecule has 2 heterocycles. The summed E-state index contributed by atoms with van der Waals surface area (Å²) < 4.78 is 3.81. The molecule has 74 valence electrons. The number of nitrogens with two attached hydrogens (primary N) is 1. The molecule has 0 aliphatic rings. The van der Waals surface area contributed by atoms with Crippen LogP contribution in [0.1, 0.15) is 13.0 Å². The Morgan fingerprint density at radius 3 is 2.86 bits per heavy atom. The van der Waals surface area contributed by atoms with E-state index in [1.165, 1.54) is 0 Å². The van der Waals surface area contributed by atoms with Crippen molar-refractivity contribution in [3.05, 3.63) is 30.9 Å². The van der Waals surface area contributed by atoms with Crippen LogP contribution in [0.2, 0.25) is 0 Å². The number of aromatic nitrogens is 4. The maximum absolute atomic E-state index is 5.69. The fourth-order valence-corrected chi connectivity index (χ4v) is 1.46. The third kappa shape index (κ3) is 1.61. The van der Waals surface area contributed by atoms with Crippen molar-refractivity contribution in [1.29, 1.82) is 0 Å². The summed E-state index contributed by atoms with van der Waals surface area (Å²) in [5.74, 6) is 0.546. The Hall–Kier alpha value is -1.78. The van der Waals surface area contributed by atoms with Crippen molar-refractivity contribution in [2.45, 2.75) is 19.5 Å². The maximum Gasteiger partial charge on any atom is 0.200 e. The van der Waals surface area contributed by atoms with Gasteiger partial charge < -0.3 is 10.3 Å². The Balaban J connectivity index is 2.10. The number of nitrogens with zero attached hydrogens (tertiary/aromatic N) is 4. The van der Waals surface area contributed by atoms with Gasteiger partial charge in [0.1, 0.15) is 0 Å². The van der Waals surface area contributed by atoms with Gasteiger partial charge in [0, 0.05) is 24.8 Å². The molecule has 0 bridgehead atoms. The third-order valence-corrected chi connectivity index (χ3v) is 2.18. The first-order valence-corrected chi connectivity index (χ1v) is 4.53. The molecule has 0 aliphatic carbocycles. The highest BCUT2D eigenvalue weighted by Gasteiger charge is 2.07. The van der Waals surface area contributed by atoms with Crippen molar-refractivity contribution in [2.75, 3.05) is 5.73 Å². The van der Waals surface area contributed by atoms with Gasteiger partial charge in [-0.05, 0) is 13.0 Å². The second-order valence-electron chi connectivity index (χ2n) is 3.27. The summed E-state index contributed by atoms with van der Waals surface area (Å²) in [7, 11) is 0. The maximum atomic E-state index is 5.69. The Morgan fingerprint density at radius 2 is 2.29 bits per heavy atom. The van der Waals surface area contributed by atoms with Gasteiger partial charge in [-0.25, -0.2) is 4.98 Å². The van der Waals surface area contributed by atoms with E-state index < -0.39 is 0 Å². The molecule has 0 spiro atoms. The molecule has 0 amide bonds. The summed E-state index contributed by atoms with van der Waals surface area (Å²) in [6.07, 6.45) is 7.28. The Bertz CT molecular complexity index is 389. The zero-order chi connectivity index (χ0) is 9.97. The first kappa shape index (κ1) is 8.80. The van der Waals surface area contributed by atoms with Crippen LogP contribution in [0.5, 0.6) is 0 Å². The lowest BCUT2D eigenvalue weighted by molar-refractivity contribution is 0.441. The molecular weight excluding hydrogens is 178 g/mol. The van der Waals surface area contributed by atoms with Gasteiger partial charge >= 0.3 is 0 Å². The number of anilines is 1. The fraction of sp³-hybridized carbons (Fsp3) is 0.333. The van der Waals surface area contributed by atoms with Crippen LogP contribution in [0, 0.1) is 0 Å².